The summed E-state index contributed by atoms with van der Waals surface area (Å²) < 4.78 is 1.30. The molecule has 0 atom stereocenters. The van der Waals surface area contributed by atoms with Crippen molar-refractivity contribution in [2.75, 3.05) is 16.1 Å². The Morgan fingerprint density at radius 2 is 1.54 bits per heavy atom. The molecular formula is C27H25ClN4O3. The van der Waals surface area contributed by atoms with Crippen molar-refractivity contribution in [2.45, 2.75) is 27.7 Å². The molecule has 3 amide bonds. The number of carbonyl (C=O) groups is 3. The summed E-state index contributed by atoms with van der Waals surface area (Å²) in [6.07, 6.45) is 0. The summed E-state index contributed by atoms with van der Waals surface area (Å²) in [7, 11) is 0. The second kappa shape index (κ2) is 9.64. The Morgan fingerprint density at radius 3 is 2.29 bits per heavy atom. The minimum absolute atomic E-state index is 0.149. The molecule has 8 heteroatoms. The number of amides is 3. The van der Waals surface area contributed by atoms with E-state index in [4.69, 9.17) is 11.6 Å². The fourth-order valence-corrected chi connectivity index (χ4v) is 4.01. The Morgan fingerprint density at radius 1 is 0.771 bits per heavy atom. The average molecular weight is 489 g/mol. The summed E-state index contributed by atoms with van der Waals surface area (Å²) in [4.78, 5) is 38.8. The van der Waals surface area contributed by atoms with E-state index in [0.29, 0.717) is 27.3 Å². The van der Waals surface area contributed by atoms with Crippen molar-refractivity contribution in [3.8, 4) is 0 Å². The van der Waals surface area contributed by atoms with E-state index >= 15 is 0 Å². The first-order valence-corrected chi connectivity index (χ1v) is 11.4. The number of halogens is 1. The SMILES string of the molecule is Cc1ccc(NC(=O)C(=O)Nn2c(C(=O)Nc3cccc(C)c3C)cc3cc(Cl)ccc32)c(C)c1. The predicted molar refractivity (Wildman–Crippen MR) is 140 cm³/mol. The highest BCUT2D eigenvalue weighted by Gasteiger charge is 2.22. The van der Waals surface area contributed by atoms with Crippen LogP contribution in [0.3, 0.4) is 0 Å². The molecule has 0 aliphatic rings. The molecule has 3 aromatic carbocycles. The highest BCUT2D eigenvalue weighted by molar-refractivity contribution is 6.42. The van der Waals surface area contributed by atoms with Crippen LogP contribution >= 0.6 is 11.6 Å². The van der Waals surface area contributed by atoms with Crippen LogP contribution in [-0.2, 0) is 9.59 Å². The summed E-state index contributed by atoms with van der Waals surface area (Å²) in [6, 6.07) is 17.7. The number of carbonyl (C=O) groups excluding carboxylic acids is 3. The molecule has 0 unspecified atom stereocenters. The highest BCUT2D eigenvalue weighted by Crippen LogP contribution is 2.25. The number of anilines is 2. The topological polar surface area (TPSA) is 92.2 Å². The molecule has 35 heavy (non-hydrogen) atoms. The Hall–Kier alpha value is -4.10. The van der Waals surface area contributed by atoms with Gasteiger partial charge in [0.2, 0.25) is 0 Å². The van der Waals surface area contributed by atoms with E-state index in [0.717, 1.165) is 22.3 Å². The zero-order chi connectivity index (χ0) is 25.3. The minimum atomic E-state index is -0.918. The van der Waals surface area contributed by atoms with E-state index in [9.17, 15) is 14.4 Å². The van der Waals surface area contributed by atoms with Gasteiger partial charge in [0.1, 0.15) is 5.69 Å². The first-order chi connectivity index (χ1) is 16.6. The molecule has 1 aromatic heterocycles. The third-order valence-electron chi connectivity index (χ3n) is 5.90. The molecular weight excluding hydrogens is 464 g/mol. The maximum absolute atomic E-state index is 13.3. The van der Waals surface area contributed by atoms with Crippen LogP contribution in [0.5, 0.6) is 0 Å². The monoisotopic (exact) mass is 488 g/mol. The third-order valence-corrected chi connectivity index (χ3v) is 6.13. The number of hydrogen-bond donors (Lipinski definition) is 3. The van der Waals surface area contributed by atoms with Crippen LogP contribution in [0.15, 0.2) is 60.7 Å². The van der Waals surface area contributed by atoms with Crippen LogP contribution in [0.4, 0.5) is 11.4 Å². The summed E-state index contributed by atoms with van der Waals surface area (Å²) in [5.74, 6) is -2.21. The quantitative estimate of drug-likeness (QED) is 0.332. The van der Waals surface area contributed by atoms with E-state index in [-0.39, 0.29) is 5.69 Å². The van der Waals surface area contributed by atoms with Crippen LogP contribution in [0.25, 0.3) is 10.9 Å². The second-order valence-electron chi connectivity index (χ2n) is 8.48. The molecule has 4 aromatic rings. The molecule has 0 aliphatic carbocycles. The molecule has 4 rings (SSSR count). The van der Waals surface area contributed by atoms with Gasteiger partial charge in [-0.15, -0.1) is 0 Å². The number of nitrogens with zero attached hydrogens (tertiary/aromatic N) is 1. The third kappa shape index (κ3) is 5.05. The molecule has 0 bridgehead atoms. The Kier molecular flexibility index (Phi) is 6.62. The highest BCUT2D eigenvalue weighted by atomic mass is 35.5. The van der Waals surface area contributed by atoms with Crippen molar-refractivity contribution in [1.82, 2.24) is 4.68 Å². The molecule has 0 saturated carbocycles. The van der Waals surface area contributed by atoms with Crippen LogP contribution in [0.2, 0.25) is 5.02 Å². The molecule has 0 saturated heterocycles. The zero-order valence-corrected chi connectivity index (χ0v) is 20.6. The van der Waals surface area contributed by atoms with Crippen molar-refractivity contribution >= 4 is 51.6 Å². The summed E-state index contributed by atoms with van der Waals surface area (Å²) >= 11 is 6.14. The van der Waals surface area contributed by atoms with E-state index in [1.54, 1.807) is 36.4 Å². The van der Waals surface area contributed by atoms with Crippen molar-refractivity contribution in [3.63, 3.8) is 0 Å². The van der Waals surface area contributed by atoms with Gasteiger partial charge in [0.05, 0.1) is 5.52 Å². The molecule has 0 fully saturated rings. The van der Waals surface area contributed by atoms with Crippen LogP contribution < -0.4 is 16.1 Å². The van der Waals surface area contributed by atoms with Crippen molar-refractivity contribution in [3.05, 3.63) is 93.6 Å². The van der Waals surface area contributed by atoms with Crippen LogP contribution in [0.1, 0.15) is 32.7 Å². The summed E-state index contributed by atoms with van der Waals surface area (Å²) in [5, 5.41) is 6.64. The van der Waals surface area contributed by atoms with Crippen LogP contribution in [0, 0.1) is 27.7 Å². The molecule has 1 heterocycles. The van der Waals surface area contributed by atoms with Crippen molar-refractivity contribution in [2.24, 2.45) is 0 Å². The van der Waals surface area contributed by atoms with E-state index in [2.05, 4.69) is 16.1 Å². The minimum Gasteiger partial charge on any atom is -0.320 e. The van der Waals surface area contributed by atoms with Gasteiger partial charge in [-0.1, -0.05) is 41.4 Å². The maximum atomic E-state index is 13.3. The van der Waals surface area contributed by atoms with Gasteiger partial charge in [0.25, 0.3) is 5.91 Å². The van der Waals surface area contributed by atoms with Gasteiger partial charge >= 0.3 is 11.8 Å². The largest absolute Gasteiger partial charge is 0.328 e. The number of nitrogens with one attached hydrogen (secondary N) is 3. The first-order valence-electron chi connectivity index (χ1n) is 11.0. The normalized spacial score (nSPS) is 10.8. The van der Waals surface area contributed by atoms with Gasteiger partial charge in [-0.3, -0.25) is 19.8 Å². The number of rotatable bonds is 4. The summed E-state index contributed by atoms with van der Waals surface area (Å²) in [6.45, 7) is 7.66. The van der Waals surface area contributed by atoms with E-state index in [1.807, 2.05) is 52.0 Å². The fraction of sp³-hybridized carbons (Fsp3) is 0.148. The molecule has 178 valence electrons. The van der Waals surface area contributed by atoms with Gasteiger partial charge in [0.15, 0.2) is 0 Å². The number of aryl methyl sites for hydroxylation is 3. The molecule has 3 N–H and O–H groups in total. The lowest BCUT2D eigenvalue weighted by Gasteiger charge is -2.14. The molecule has 7 nitrogen and oxygen atoms in total. The number of benzene rings is 3. The van der Waals surface area contributed by atoms with Crippen LogP contribution in [-0.4, -0.2) is 22.4 Å². The van der Waals surface area contributed by atoms with Gasteiger partial charge in [-0.05, 0) is 80.8 Å². The lowest BCUT2D eigenvalue weighted by molar-refractivity contribution is -0.133. The average Bonchev–Trinajstić information content (AvgIpc) is 3.16. The lowest BCUT2D eigenvalue weighted by Crippen LogP contribution is -2.36. The molecule has 0 aliphatic heterocycles. The molecule has 0 radical (unpaired) electrons. The summed E-state index contributed by atoms with van der Waals surface area (Å²) in [5.41, 5.74) is 8.27. The first kappa shape index (κ1) is 24.0. The Labute approximate surface area is 208 Å². The van der Waals surface area contributed by atoms with Crippen molar-refractivity contribution < 1.29 is 14.4 Å². The van der Waals surface area contributed by atoms with Gasteiger partial charge in [-0.25, -0.2) is 4.68 Å². The van der Waals surface area contributed by atoms with E-state index < -0.39 is 17.7 Å². The second-order valence-corrected chi connectivity index (χ2v) is 8.92. The van der Waals surface area contributed by atoms with Gasteiger partial charge in [0, 0.05) is 21.8 Å². The maximum Gasteiger partial charge on any atom is 0.328 e. The number of hydrogen-bond acceptors (Lipinski definition) is 3. The predicted octanol–water partition coefficient (Wildman–Crippen LogP) is 5.49. The van der Waals surface area contributed by atoms with Gasteiger partial charge < -0.3 is 10.6 Å². The smallest absolute Gasteiger partial charge is 0.320 e. The van der Waals surface area contributed by atoms with E-state index in [1.165, 1.54) is 4.68 Å². The number of fused-ring (bicyclic) bond motifs is 1. The lowest BCUT2D eigenvalue weighted by atomic mass is 10.1. The number of aromatic nitrogens is 1. The van der Waals surface area contributed by atoms with Crippen molar-refractivity contribution in [1.29, 1.82) is 0 Å². The fourth-order valence-electron chi connectivity index (χ4n) is 3.83. The molecule has 0 spiro atoms. The Balaban J connectivity index is 1.65. The standard InChI is InChI=1S/C27H25ClN4O3/c1-15-8-10-21(17(3)12-15)29-26(34)27(35)31-32-23-11-9-20(28)13-19(23)14-24(32)25(33)30-22-7-5-6-16(2)18(22)4/h5-14H,1-4H3,(H,29,34)(H,30,33)(H,31,35). The van der Waals surface area contributed by atoms with Gasteiger partial charge in [-0.2, -0.15) is 0 Å². The Bertz CT molecular complexity index is 1490. The zero-order valence-electron chi connectivity index (χ0n) is 19.8.